The van der Waals surface area contributed by atoms with E-state index < -0.39 is 12.0 Å². The van der Waals surface area contributed by atoms with Crippen LogP contribution in [0.2, 0.25) is 0 Å². The van der Waals surface area contributed by atoms with Gasteiger partial charge in [-0.1, -0.05) is 24.3 Å². The van der Waals surface area contributed by atoms with Crippen molar-refractivity contribution >= 4 is 12.0 Å². The van der Waals surface area contributed by atoms with Gasteiger partial charge in [-0.25, -0.2) is 4.79 Å². The number of rotatable bonds is 8. The summed E-state index contributed by atoms with van der Waals surface area (Å²) >= 11 is 0. The number of urea groups is 1. The first-order valence-corrected chi connectivity index (χ1v) is 8.46. The van der Waals surface area contributed by atoms with Crippen molar-refractivity contribution < 1.29 is 24.2 Å². The van der Waals surface area contributed by atoms with Crippen LogP contribution < -0.4 is 14.8 Å². The predicted molar refractivity (Wildman–Crippen MR) is 101 cm³/mol. The summed E-state index contributed by atoms with van der Waals surface area (Å²) in [6.07, 6.45) is -0.118. The van der Waals surface area contributed by atoms with E-state index in [1.54, 1.807) is 21.3 Å². The molecule has 2 aromatic carbocycles. The Morgan fingerprint density at radius 1 is 1.04 bits per heavy atom. The van der Waals surface area contributed by atoms with Crippen LogP contribution in [0, 0.1) is 0 Å². The first-order valence-electron chi connectivity index (χ1n) is 8.46. The fourth-order valence-electron chi connectivity index (χ4n) is 2.60. The first kappa shape index (κ1) is 20.1. The third kappa shape index (κ3) is 5.64. The van der Waals surface area contributed by atoms with E-state index in [2.05, 4.69) is 5.32 Å². The van der Waals surface area contributed by atoms with Gasteiger partial charge in [0.15, 0.2) is 0 Å². The van der Waals surface area contributed by atoms with Crippen molar-refractivity contribution in [2.24, 2.45) is 0 Å². The molecule has 2 N–H and O–H groups in total. The molecule has 0 aromatic heterocycles. The Kier molecular flexibility index (Phi) is 7.05. The summed E-state index contributed by atoms with van der Waals surface area (Å²) < 4.78 is 10.6. The molecule has 0 atom stereocenters. The van der Waals surface area contributed by atoms with E-state index in [1.165, 1.54) is 4.90 Å². The lowest BCUT2D eigenvalue weighted by Gasteiger charge is -2.24. The van der Waals surface area contributed by atoms with Crippen LogP contribution in [0.5, 0.6) is 11.5 Å². The van der Waals surface area contributed by atoms with Crippen molar-refractivity contribution in [2.75, 3.05) is 27.8 Å². The van der Waals surface area contributed by atoms with Gasteiger partial charge in [0.1, 0.15) is 11.5 Å². The van der Waals surface area contributed by atoms with Crippen molar-refractivity contribution in [1.29, 1.82) is 0 Å². The number of hydrogen-bond acceptors (Lipinski definition) is 4. The highest BCUT2D eigenvalue weighted by molar-refractivity contribution is 5.76. The molecule has 2 aromatic rings. The van der Waals surface area contributed by atoms with E-state index in [0.717, 1.165) is 11.1 Å². The average molecular weight is 372 g/mol. The van der Waals surface area contributed by atoms with Crippen LogP contribution in [0.1, 0.15) is 23.6 Å². The van der Waals surface area contributed by atoms with Gasteiger partial charge < -0.3 is 24.8 Å². The number of carboxylic acids is 1. The third-order valence-corrected chi connectivity index (χ3v) is 4.13. The van der Waals surface area contributed by atoms with Crippen molar-refractivity contribution in [3.8, 4) is 11.5 Å². The van der Waals surface area contributed by atoms with Crippen molar-refractivity contribution in [3.05, 3.63) is 59.7 Å². The van der Waals surface area contributed by atoms with E-state index in [1.807, 2.05) is 48.5 Å². The molecule has 0 radical (unpaired) electrons. The molecular formula is C20H24N2O5. The summed E-state index contributed by atoms with van der Waals surface area (Å²) in [6, 6.07) is 14.0. The largest absolute Gasteiger partial charge is 0.497 e. The molecule has 0 spiro atoms. The molecule has 27 heavy (non-hydrogen) atoms. The number of benzene rings is 2. The lowest BCUT2D eigenvalue weighted by molar-refractivity contribution is -0.137. The van der Waals surface area contributed by atoms with Crippen LogP contribution in [-0.4, -0.2) is 49.8 Å². The van der Waals surface area contributed by atoms with Gasteiger partial charge in [0, 0.05) is 13.6 Å². The second-order valence-corrected chi connectivity index (χ2v) is 6.00. The standard InChI is InChI=1S/C20H24N2O5/c1-22(11-10-18(23)24)20(25)21-19(14-6-4-8-16(12-14)26-2)15-7-5-9-17(13-15)27-3/h4-9,12-13,19H,10-11H2,1-3H3,(H,21,25)(H,23,24). The van der Waals surface area contributed by atoms with Crippen LogP contribution in [0.3, 0.4) is 0 Å². The number of hydrogen-bond donors (Lipinski definition) is 2. The van der Waals surface area contributed by atoms with E-state index in [4.69, 9.17) is 14.6 Å². The molecule has 7 heteroatoms. The highest BCUT2D eigenvalue weighted by atomic mass is 16.5. The maximum atomic E-state index is 12.6. The Bertz CT molecular complexity index is 746. The number of methoxy groups -OCH3 is 2. The molecule has 0 aliphatic rings. The molecule has 2 rings (SSSR count). The molecule has 2 amide bonds. The van der Waals surface area contributed by atoms with Gasteiger partial charge in [-0.3, -0.25) is 4.79 Å². The van der Waals surface area contributed by atoms with E-state index in [-0.39, 0.29) is 19.0 Å². The summed E-state index contributed by atoms with van der Waals surface area (Å²) in [5, 5.41) is 11.8. The second-order valence-electron chi connectivity index (χ2n) is 6.00. The molecule has 0 aliphatic heterocycles. The SMILES string of the molecule is COc1cccc(C(NC(=O)N(C)CCC(=O)O)c2cccc(OC)c2)c1. The molecule has 0 saturated carbocycles. The number of carbonyl (C=O) groups is 2. The lowest BCUT2D eigenvalue weighted by Crippen LogP contribution is -2.40. The Labute approximate surface area is 158 Å². The second kappa shape index (κ2) is 9.47. The predicted octanol–water partition coefficient (Wildman–Crippen LogP) is 2.91. The van der Waals surface area contributed by atoms with Crippen LogP contribution in [0.25, 0.3) is 0 Å². The minimum absolute atomic E-state index is 0.115. The number of nitrogens with one attached hydrogen (secondary N) is 1. The first-order chi connectivity index (χ1) is 12.9. The number of aliphatic carboxylic acids is 1. The number of carbonyl (C=O) groups excluding carboxylic acids is 1. The highest BCUT2D eigenvalue weighted by Crippen LogP contribution is 2.27. The Morgan fingerprint density at radius 2 is 1.56 bits per heavy atom. The number of ether oxygens (including phenoxy) is 2. The number of amides is 2. The Hall–Kier alpha value is -3.22. The summed E-state index contributed by atoms with van der Waals surface area (Å²) in [7, 11) is 4.72. The molecule has 0 aliphatic carbocycles. The molecule has 0 heterocycles. The Balaban J connectivity index is 2.31. The summed E-state index contributed by atoms with van der Waals surface area (Å²) in [5.41, 5.74) is 1.67. The molecular weight excluding hydrogens is 348 g/mol. The van der Waals surface area contributed by atoms with Crippen LogP contribution in [-0.2, 0) is 4.79 Å². The van der Waals surface area contributed by atoms with Crippen molar-refractivity contribution in [1.82, 2.24) is 10.2 Å². The highest BCUT2D eigenvalue weighted by Gasteiger charge is 2.20. The van der Waals surface area contributed by atoms with Gasteiger partial charge in [0.05, 0.1) is 26.7 Å². The number of nitrogens with zero attached hydrogens (tertiary/aromatic N) is 1. The van der Waals surface area contributed by atoms with E-state index in [9.17, 15) is 9.59 Å². The van der Waals surface area contributed by atoms with E-state index in [0.29, 0.717) is 11.5 Å². The zero-order valence-corrected chi connectivity index (χ0v) is 15.6. The molecule has 0 saturated heterocycles. The quantitative estimate of drug-likeness (QED) is 0.744. The summed E-state index contributed by atoms with van der Waals surface area (Å²) in [5.74, 6) is 0.398. The van der Waals surface area contributed by atoms with Crippen molar-refractivity contribution in [3.63, 3.8) is 0 Å². The van der Waals surface area contributed by atoms with Gasteiger partial charge in [-0.05, 0) is 35.4 Å². The van der Waals surface area contributed by atoms with Gasteiger partial charge in [0.2, 0.25) is 0 Å². The molecule has 0 bridgehead atoms. The van der Waals surface area contributed by atoms with E-state index >= 15 is 0 Å². The normalized spacial score (nSPS) is 10.4. The van der Waals surface area contributed by atoms with Crippen LogP contribution >= 0.6 is 0 Å². The zero-order valence-electron chi connectivity index (χ0n) is 15.6. The summed E-state index contributed by atoms with van der Waals surface area (Å²) in [6.45, 7) is 0.115. The zero-order chi connectivity index (χ0) is 19.8. The third-order valence-electron chi connectivity index (χ3n) is 4.13. The average Bonchev–Trinajstić information content (AvgIpc) is 2.69. The summed E-state index contributed by atoms with van der Waals surface area (Å²) in [4.78, 5) is 24.7. The van der Waals surface area contributed by atoms with Crippen LogP contribution in [0.4, 0.5) is 4.79 Å². The van der Waals surface area contributed by atoms with Gasteiger partial charge in [-0.15, -0.1) is 0 Å². The molecule has 0 unspecified atom stereocenters. The lowest BCUT2D eigenvalue weighted by atomic mass is 9.98. The van der Waals surface area contributed by atoms with Gasteiger partial charge in [0.25, 0.3) is 0 Å². The van der Waals surface area contributed by atoms with Crippen molar-refractivity contribution in [2.45, 2.75) is 12.5 Å². The fraction of sp³-hybridized carbons (Fsp3) is 0.300. The molecule has 144 valence electrons. The molecule has 0 fully saturated rings. The monoisotopic (exact) mass is 372 g/mol. The maximum Gasteiger partial charge on any atom is 0.317 e. The van der Waals surface area contributed by atoms with Crippen LogP contribution in [0.15, 0.2) is 48.5 Å². The maximum absolute atomic E-state index is 12.6. The smallest absolute Gasteiger partial charge is 0.317 e. The topological polar surface area (TPSA) is 88.1 Å². The number of carboxylic acid groups (broad SMARTS) is 1. The van der Waals surface area contributed by atoms with Gasteiger partial charge >= 0.3 is 12.0 Å². The molecule has 7 nitrogen and oxygen atoms in total. The minimum atomic E-state index is -0.952. The van der Waals surface area contributed by atoms with Gasteiger partial charge in [-0.2, -0.15) is 0 Å². The minimum Gasteiger partial charge on any atom is -0.497 e. The Morgan fingerprint density at radius 3 is 2.00 bits per heavy atom. The fourth-order valence-corrected chi connectivity index (χ4v) is 2.60.